The van der Waals surface area contributed by atoms with Crippen LogP contribution in [0.5, 0.6) is 0 Å². The Morgan fingerprint density at radius 3 is 2.68 bits per heavy atom. The highest BCUT2D eigenvalue weighted by atomic mass is 15.2. The Morgan fingerprint density at radius 1 is 1.21 bits per heavy atom. The van der Waals surface area contributed by atoms with Crippen LogP contribution >= 0.6 is 0 Å². The van der Waals surface area contributed by atoms with Gasteiger partial charge < -0.3 is 15.1 Å². The van der Waals surface area contributed by atoms with E-state index in [-0.39, 0.29) is 0 Å². The average molecular weight is 264 g/mol. The van der Waals surface area contributed by atoms with Crippen molar-refractivity contribution in [3.63, 3.8) is 0 Å². The molecule has 1 rings (SSSR count). The van der Waals surface area contributed by atoms with Gasteiger partial charge in [0.2, 0.25) is 0 Å². The van der Waals surface area contributed by atoms with E-state index in [1.807, 2.05) is 6.20 Å². The number of pyridine rings is 1. The number of nitrogens with one attached hydrogen (secondary N) is 1. The Morgan fingerprint density at radius 2 is 2.00 bits per heavy atom. The third-order valence-electron chi connectivity index (χ3n) is 3.06. The maximum atomic E-state index is 4.45. The number of anilines is 1. The molecule has 1 N–H and O–H groups in total. The molecule has 1 aromatic heterocycles. The molecule has 108 valence electrons. The molecule has 0 bridgehead atoms. The lowest BCUT2D eigenvalue weighted by atomic mass is 10.2. The van der Waals surface area contributed by atoms with Gasteiger partial charge in [-0.3, -0.25) is 0 Å². The van der Waals surface area contributed by atoms with Gasteiger partial charge in [0.05, 0.1) is 0 Å². The largest absolute Gasteiger partial charge is 0.360 e. The number of aromatic nitrogens is 1. The van der Waals surface area contributed by atoms with Crippen LogP contribution < -0.4 is 10.2 Å². The summed E-state index contributed by atoms with van der Waals surface area (Å²) in [5.74, 6) is 1.06. The minimum Gasteiger partial charge on any atom is -0.360 e. The molecule has 1 heterocycles. The zero-order valence-corrected chi connectivity index (χ0v) is 12.8. The molecule has 0 aliphatic rings. The minimum atomic E-state index is 0.925. The van der Waals surface area contributed by atoms with Crippen molar-refractivity contribution in [2.75, 3.05) is 45.7 Å². The second kappa shape index (κ2) is 8.88. The van der Waals surface area contributed by atoms with Crippen LogP contribution in [-0.2, 0) is 6.54 Å². The summed E-state index contributed by atoms with van der Waals surface area (Å²) < 4.78 is 0. The second-order valence-electron chi connectivity index (χ2n) is 5.28. The summed E-state index contributed by atoms with van der Waals surface area (Å²) in [5, 5.41) is 3.42. The fourth-order valence-corrected chi connectivity index (χ4v) is 1.93. The van der Waals surface area contributed by atoms with E-state index >= 15 is 0 Å². The molecule has 19 heavy (non-hydrogen) atoms. The lowest BCUT2D eigenvalue weighted by Crippen LogP contribution is -2.24. The lowest BCUT2D eigenvalue weighted by Gasteiger charge is -2.20. The van der Waals surface area contributed by atoms with Gasteiger partial charge in [-0.1, -0.05) is 6.92 Å². The van der Waals surface area contributed by atoms with Gasteiger partial charge in [0, 0.05) is 26.3 Å². The fraction of sp³-hybridized carbons (Fsp3) is 0.667. The lowest BCUT2D eigenvalue weighted by molar-refractivity contribution is 0.401. The van der Waals surface area contributed by atoms with Crippen molar-refractivity contribution < 1.29 is 0 Å². The van der Waals surface area contributed by atoms with Crippen LogP contribution in [0, 0.1) is 0 Å². The molecule has 4 nitrogen and oxygen atoms in total. The molecule has 0 aliphatic heterocycles. The molecule has 0 aromatic carbocycles. The van der Waals surface area contributed by atoms with Gasteiger partial charge in [-0.15, -0.1) is 0 Å². The summed E-state index contributed by atoms with van der Waals surface area (Å²) in [7, 11) is 6.33. The van der Waals surface area contributed by atoms with E-state index in [9.17, 15) is 0 Å². The molecule has 0 saturated carbocycles. The predicted molar refractivity (Wildman–Crippen MR) is 82.7 cm³/mol. The van der Waals surface area contributed by atoms with Gasteiger partial charge in [0.1, 0.15) is 5.82 Å². The van der Waals surface area contributed by atoms with Gasteiger partial charge in [0.15, 0.2) is 0 Å². The van der Waals surface area contributed by atoms with Crippen molar-refractivity contribution in [2.45, 2.75) is 26.3 Å². The molecule has 0 unspecified atom stereocenters. The SMILES string of the molecule is CCCNCc1ccnc(N(C)CCCN(C)C)c1. The van der Waals surface area contributed by atoms with E-state index in [1.165, 1.54) is 12.0 Å². The van der Waals surface area contributed by atoms with Crippen molar-refractivity contribution >= 4 is 5.82 Å². The summed E-state index contributed by atoms with van der Waals surface area (Å²) in [4.78, 5) is 8.89. The van der Waals surface area contributed by atoms with Gasteiger partial charge in [-0.25, -0.2) is 4.98 Å². The zero-order chi connectivity index (χ0) is 14.1. The molecular formula is C15H28N4. The first-order valence-corrected chi connectivity index (χ1v) is 7.15. The number of hydrogen-bond acceptors (Lipinski definition) is 4. The fourth-order valence-electron chi connectivity index (χ4n) is 1.93. The molecule has 0 aliphatic carbocycles. The van der Waals surface area contributed by atoms with Crippen molar-refractivity contribution in [1.82, 2.24) is 15.2 Å². The first-order valence-electron chi connectivity index (χ1n) is 7.15. The van der Waals surface area contributed by atoms with Gasteiger partial charge in [-0.2, -0.15) is 0 Å². The van der Waals surface area contributed by atoms with E-state index in [1.54, 1.807) is 0 Å². The number of nitrogens with zero attached hydrogens (tertiary/aromatic N) is 3. The standard InChI is InChI=1S/C15H28N4/c1-5-8-16-13-14-7-9-17-15(12-14)19(4)11-6-10-18(2)3/h7,9,12,16H,5-6,8,10-11,13H2,1-4H3. The number of rotatable bonds is 9. The molecule has 1 aromatic rings. The quantitative estimate of drug-likeness (QED) is 0.691. The normalized spacial score (nSPS) is 11.0. The maximum absolute atomic E-state index is 4.45. The summed E-state index contributed by atoms with van der Waals surface area (Å²) in [5.41, 5.74) is 1.30. The van der Waals surface area contributed by atoms with Crippen molar-refractivity contribution in [2.24, 2.45) is 0 Å². The summed E-state index contributed by atoms with van der Waals surface area (Å²) in [6.07, 6.45) is 4.23. The predicted octanol–water partition coefficient (Wildman–Crippen LogP) is 1.97. The van der Waals surface area contributed by atoms with Crippen LogP contribution in [0.15, 0.2) is 18.3 Å². The van der Waals surface area contributed by atoms with E-state index in [0.717, 1.165) is 38.4 Å². The summed E-state index contributed by atoms with van der Waals surface area (Å²) in [6, 6.07) is 4.26. The highest BCUT2D eigenvalue weighted by Crippen LogP contribution is 2.11. The molecule has 4 heteroatoms. The highest BCUT2D eigenvalue weighted by molar-refractivity contribution is 5.39. The Balaban J connectivity index is 2.45. The Labute approximate surface area is 117 Å². The molecule has 0 radical (unpaired) electrons. The summed E-state index contributed by atoms with van der Waals surface area (Å²) >= 11 is 0. The molecule has 0 spiro atoms. The van der Waals surface area contributed by atoms with Crippen molar-refractivity contribution in [3.05, 3.63) is 23.9 Å². The van der Waals surface area contributed by atoms with Crippen LogP contribution in [0.4, 0.5) is 5.82 Å². The highest BCUT2D eigenvalue weighted by Gasteiger charge is 2.03. The molecule has 0 atom stereocenters. The Kier molecular flexibility index (Phi) is 7.45. The van der Waals surface area contributed by atoms with Crippen molar-refractivity contribution in [3.8, 4) is 0 Å². The maximum Gasteiger partial charge on any atom is 0.128 e. The van der Waals surface area contributed by atoms with E-state index in [4.69, 9.17) is 0 Å². The Hall–Kier alpha value is -1.13. The molecule has 0 amide bonds. The summed E-state index contributed by atoms with van der Waals surface area (Å²) in [6.45, 7) is 6.33. The van der Waals surface area contributed by atoms with Gasteiger partial charge in [-0.05, 0) is 57.7 Å². The van der Waals surface area contributed by atoms with Crippen LogP contribution in [0.2, 0.25) is 0 Å². The van der Waals surface area contributed by atoms with Crippen molar-refractivity contribution in [1.29, 1.82) is 0 Å². The topological polar surface area (TPSA) is 31.4 Å². The average Bonchev–Trinajstić information content (AvgIpc) is 2.39. The third kappa shape index (κ3) is 6.55. The van der Waals surface area contributed by atoms with Crippen LogP contribution in [0.3, 0.4) is 0 Å². The smallest absolute Gasteiger partial charge is 0.128 e. The molecule has 0 saturated heterocycles. The van der Waals surface area contributed by atoms with Crippen LogP contribution in [0.1, 0.15) is 25.3 Å². The van der Waals surface area contributed by atoms with Gasteiger partial charge in [0.25, 0.3) is 0 Å². The monoisotopic (exact) mass is 264 g/mol. The van der Waals surface area contributed by atoms with E-state index < -0.39 is 0 Å². The first kappa shape index (κ1) is 15.9. The molecule has 0 fully saturated rings. The number of hydrogen-bond donors (Lipinski definition) is 1. The molecular weight excluding hydrogens is 236 g/mol. The second-order valence-corrected chi connectivity index (χ2v) is 5.28. The van der Waals surface area contributed by atoms with Gasteiger partial charge >= 0.3 is 0 Å². The van der Waals surface area contributed by atoms with Crippen LogP contribution in [0.25, 0.3) is 0 Å². The zero-order valence-electron chi connectivity index (χ0n) is 12.8. The van der Waals surface area contributed by atoms with E-state index in [0.29, 0.717) is 0 Å². The minimum absolute atomic E-state index is 0.925. The Bertz CT molecular complexity index is 352. The van der Waals surface area contributed by atoms with Crippen LogP contribution in [-0.4, -0.2) is 50.7 Å². The first-order chi connectivity index (χ1) is 9.13. The van der Waals surface area contributed by atoms with E-state index in [2.05, 4.69) is 60.3 Å². The third-order valence-corrected chi connectivity index (χ3v) is 3.06.